The highest BCUT2D eigenvalue weighted by molar-refractivity contribution is 6.07. The first-order valence-corrected chi connectivity index (χ1v) is 12.5. The zero-order chi connectivity index (χ0) is 26.9. The van der Waals surface area contributed by atoms with Crippen molar-refractivity contribution in [2.45, 2.75) is 6.92 Å². The van der Waals surface area contributed by atoms with E-state index in [1.807, 2.05) is 96.5 Å². The number of methoxy groups -OCH3 is 1. The van der Waals surface area contributed by atoms with Crippen LogP contribution in [0, 0.1) is 18.3 Å². The van der Waals surface area contributed by atoms with Gasteiger partial charge in [0.15, 0.2) is 17.1 Å². The summed E-state index contributed by atoms with van der Waals surface area (Å²) >= 11 is 0. The second-order valence-corrected chi connectivity index (χ2v) is 9.24. The van der Waals surface area contributed by atoms with E-state index in [4.69, 9.17) is 14.8 Å². The zero-order valence-corrected chi connectivity index (χ0v) is 21.5. The Labute approximate surface area is 226 Å². The molecule has 0 radical (unpaired) electrons. The molecule has 0 saturated heterocycles. The number of phenolic OH excluding ortho intramolecular Hbond substituents is 1. The smallest absolute Gasteiger partial charge is 0.164 e. The summed E-state index contributed by atoms with van der Waals surface area (Å²) in [4.78, 5) is 5.11. The Kier molecular flexibility index (Phi) is 6.02. The fourth-order valence-electron chi connectivity index (χ4n) is 4.85. The van der Waals surface area contributed by atoms with Crippen molar-refractivity contribution in [3.8, 4) is 56.9 Å². The molecule has 6 heteroatoms. The average molecular weight is 509 g/mol. The van der Waals surface area contributed by atoms with Crippen LogP contribution in [0.1, 0.15) is 11.1 Å². The van der Waals surface area contributed by atoms with Crippen LogP contribution < -0.4 is 4.74 Å². The molecule has 0 aliphatic rings. The molecule has 0 amide bonds. The van der Waals surface area contributed by atoms with Crippen molar-refractivity contribution >= 4 is 11.0 Å². The summed E-state index contributed by atoms with van der Waals surface area (Å²) in [5.41, 5.74) is 7.39. The lowest BCUT2D eigenvalue weighted by Gasteiger charge is -2.14. The number of ether oxygens (including phenoxy) is 1. The summed E-state index contributed by atoms with van der Waals surface area (Å²) in [6, 6.07) is 35.3. The van der Waals surface area contributed by atoms with Crippen molar-refractivity contribution in [1.82, 2.24) is 14.8 Å². The minimum atomic E-state index is 0.0204. The van der Waals surface area contributed by atoms with Crippen molar-refractivity contribution in [3.63, 3.8) is 0 Å². The Morgan fingerprint density at radius 2 is 1.44 bits per heavy atom. The van der Waals surface area contributed by atoms with E-state index in [-0.39, 0.29) is 5.75 Å². The topological polar surface area (TPSA) is 84.0 Å². The standard InChI is InChI=1S/C33H24N4O2/c1-21-13-15-23(16-14-21)31-26(20-34)29(24-17-18-27(38)28(19-24)39-2)30-32(22-9-5-3-6-10-22)36-37(33(30)35-31)25-11-7-4-8-12-25/h3-19,38H,1-2H3. The predicted molar refractivity (Wildman–Crippen MR) is 153 cm³/mol. The predicted octanol–water partition coefficient (Wildman–Crippen LogP) is 7.32. The molecule has 39 heavy (non-hydrogen) atoms. The Morgan fingerprint density at radius 1 is 0.795 bits per heavy atom. The Morgan fingerprint density at radius 3 is 2.10 bits per heavy atom. The van der Waals surface area contributed by atoms with Gasteiger partial charge < -0.3 is 9.84 Å². The highest BCUT2D eigenvalue weighted by Gasteiger charge is 2.26. The lowest BCUT2D eigenvalue weighted by molar-refractivity contribution is 0.373. The molecule has 4 aromatic carbocycles. The van der Waals surface area contributed by atoms with E-state index in [1.54, 1.807) is 18.2 Å². The van der Waals surface area contributed by atoms with Crippen molar-refractivity contribution in [1.29, 1.82) is 5.26 Å². The molecule has 2 aromatic heterocycles. The number of aryl methyl sites for hydroxylation is 1. The molecule has 0 atom stereocenters. The van der Waals surface area contributed by atoms with Crippen molar-refractivity contribution in [2.75, 3.05) is 7.11 Å². The Hall–Kier alpha value is -5.41. The Bertz CT molecular complexity index is 1850. The number of nitriles is 1. The van der Waals surface area contributed by atoms with Gasteiger partial charge in [-0.15, -0.1) is 0 Å². The van der Waals surface area contributed by atoms with Crippen LogP contribution in [0.25, 0.3) is 50.4 Å². The van der Waals surface area contributed by atoms with Gasteiger partial charge in [-0.1, -0.05) is 84.4 Å². The monoisotopic (exact) mass is 508 g/mol. The largest absolute Gasteiger partial charge is 0.504 e. The van der Waals surface area contributed by atoms with E-state index in [1.165, 1.54) is 7.11 Å². The van der Waals surface area contributed by atoms with Crippen molar-refractivity contribution < 1.29 is 9.84 Å². The summed E-state index contributed by atoms with van der Waals surface area (Å²) in [5, 5.41) is 26.8. The number of aromatic nitrogens is 3. The molecule has 6 nitrogen and oxygen atoms in total. The van der Waals surface area contributed by atoms with Gasteiger partial charge in [-0.3, -0.25) is 0 Å². The summed E-state index contributed by atoms with van der Waals surface area (Å²) in [6.07, 6.45) is 0. The normalized spacial score (nSPS) is 10.9. The first kappa shape index (κ1) is 24.0. The van der Waals surface area contributed by atoms with Crippen molar-refractivity contribution in [3.05, 3.63) is 114 Å². The van der Waals surface area contributed by atoms with Gasteiger partial charge in [0.2, 0.25) is 0 Å². The van der Waals surface area contributed by atoms with Gasteiger partial charge in [-0.25, -0.2) is 9.67 Å². The molecular weight excluding hydrogens is 484 g/mol. The summed E-state index contributed by atoms with van der Waals surface area (Å²) in [5.74, 6) is 0.335. The third-order valence-electron chi connectivity index (χ3n) is 6.77. The number of para-hydroxylation sites is 1. The molecule has 188 valence electrons. The van der Waals surface area contributed by atoms with Crippen LogP contribution in [0.3, 0.4) is 0 Å². The Balaban J connectivity index is 1.82. The molecule has 0 unspecified atom stereocenters. The second-order valence-electron chi connectivity index (χ2n) is 9.24. The first-order chi connectivity index (χ1) is 19.1. The van der Waals surface area contributed by atoms with Gasteiger partial charge in [0.1, 0.15) is 11.8 Å². The highest BCUT2D eigenvalue weighted by Crippen LogP contribution is 2.43. The van der Waals surface area contributed by atoms with Crippen LogP contribution in [-0.2, 0) is 0 Å². The molecule has 6 aromatic rings. The fourth-order valence-corrected chi connectivity index (χ4v) is 4.85. The van der Waals surface area contributed by atoms with Crippen molar-refractivity contribution in [2.24, 2.45) is 0 Å². The van der Waals surface area contributed by atoms with E-state index < -0.39 is 0 Å². The number of hydrogen-bond acceptors (Lipinski definition) is 5. The van der Waals surface area contributed by atoms with E-state index in [0.29, 0.717) is 39.5 Å². The third kappa shape index (κ3) is 4.16. The number of hydrogen-bond donors (Lipinski definition) is 1. The first-order valence-electron chi connectivity index (χ1n) is 12.5. The van der Waals surface area contributed by atoms with Crippen LogP contribution in [-0.4, -0.2) is 27.0 Å². The molecule has 0 aliphatic heterocycles. The van der Waals surface area contributed by atoms with Crippen LogP contribution in [0.2, 0.25) is 0 Å². The van der Waals surface area contributed by atoms with Crippen LogP contribution in [0.4, 0.5) is 0 Å². The van der Waals surface area contributed by atoms with Gasteiger partial charge in [0.05, 0.1) is 29.4 Å². The van der Waals surface area contributed by atoms with E-state index in [9.17, 15) is 10.4 Å². The minimum Gasteiger partial charge on any atom is -0.504 e. The number of fused-ring (bicyclic) bond motifs is 1. The molecule has 0 aliphatic carbocycles. The third-order valence-corrected chi connectivity index (χ3v) is 6.77. The minimum absolute atomic E-state index is 0.0204. The van der Waals surface area contributed by atoms with Crippen LogP contribution in [0.5, 0.6) is 11.5 Å². The molecule has 0 bridgehead atoms. The van der Waals surface area contributed by atoms with Gasteiger partial charge in [-0.2, -0.15) is 10.4 Å². The number of benzene rings is 4. The fraction of sp³-hybridized carbons (Fsp3) is 0.0606. The van der Waals surface area contributed by atoms with Gasteiger partial charge >= 0.3 is 0 Å². The maximum atomic E-state index is 10.6. The SMILES string of the molecule is COc1cc(-c2c(C#N)c(-c3ccc(C)cc3)nc3c2c(-c2ccccc2)nn3-c2ccccc2)ccc1O. The van der Waals surface area contributed by atoms with E-state index in [2.05, 4.69) is 6.07 Å². The highest BCUT2D eigenvalue weighted by atomic mass is 16.5. The molecule has 0 spiro atoms. The molecule has 2 heterocycles. The summed E-state index contributed by atoms with van der Waals surface area (Å²) in [6.45, 7) is 2.02. The van der Waals surface area contributed by atoms with Gasteiger partial charge in [-0.05, 0) is 36.8 Å². The lowest BCUT2D eigenvalue weighted by Crippen LogP contribution is -2.01. The summed E-state index contributed by atoms with van der Waals surface area (Å²) in [7, 11) is 1.51. The van der Waals surface area contributed by atoms with E-state index >= 15 is 0 Å². The number of phenols is 1. The van der Waals surface area contributed by atoms with Crippen LogP contribution in [0.15, 0.2) is 103 Å². The molecule has 6 rings (SSSR count). The second kappa shape index (κ2) is 9.81. The molecule has 0 saturated carbocycles. The lowest BCUT2D eigenvalue weighted by atomic mass is 9.91. The number of nitrogens with zero attached hydrogens (tertiary/aromatic N) is 4. The van der Waals surface area contributed by atoms with Gasteiger partial charge in [0.25, 0.3) is 0 Å². The average Bonchev–Trinajstić information content (AvgIpc) is 3.37. The number of pyridine rings is 1. The maximum Gasteiger partial charge on any atom is 0.164 e. The molecule has 1 N–H and O–H groups in total. The van der Waals surface area contributed by atoms with Gasteiger partial charge in [0, 0.05) is 16.7 Å². The van der Waals surface area contributed by atoms with E-state index in [0.717, 1.165) is 27.8 Å². The number of rotatable bonds is 5. The van der Waals surface area contributed by atoms with Crippen LogP contribution >= 0.6 is 0 Å². The number of aromatic hydroxyl groups is 1. The summed E-state index contributed by atoms with van der Waals surface area (Å²) < 4.78 is 7.27. The maximum absolute atomic E-state index is 10.6. The molecule has 0 fully saturated rings. The molecular formula is C33H24N4O2. The zero-order valence-electron chi connectivity index (χ0n) is 21.5. The quantitative estimate of drug-likeness (QED) is 0.264.